The summed E-state index contributed by atoms with van der Waals surface area (Å²) >= 11 is 0. The number of cyclic esters (lactones) is 1. The van der Waals surface area contributed by atoms with Gasteiger partial charge >= 0.3 is 5.97 Å². The highest BCUT2D eigenvalue weighted by atomic mass is 19.1. The lowest BCUT2D eigenvalue weighted by Gasteiger charge is -2.09. The van der Waals surface area contributed by atoms with Gasteiger partial charge in [0.05, 0.1) is 13.2 Å². The molecular formula is C12H13FO3. The molecule has 1 fully saturated rings. The van der Waals surface area contributed by atoms with E-state index in [0.29, 0.717) is 6.61 Å². The van der Waals surface area contributed by atoms with Gasteiger partial charge in [0.25, 0.3) is 0 Å². The number of hydrogen-bond acceptors (Lipinski definition) is 3. The molecule has 1 aromatic rings. The van der Waals surface area contributed by atoms with Gasteiger partial charge in [-0.25, -0.2) is 9.18 Å². The van der Waals surface area contributed by atoms with Crippen LogP contribution in [0.4, 0.5) is 4.39 Å². The van der Waals surface area contributed by atoms with E-state index in [9.17, 15) is 9.18 Å². The van der Waals surface area contributed by atoms with Crippen LogP contribution in [-0.4, -0.2) is 24.9 Å². The number of hydrogen-bond donors (Lipinski definition) is 0. The molecular weight excluding hydrogens is 211 g/mol. The van der Waals surface area contributed by atoms with Gasteiger partial charge in [0, 0.05) is 6.42 Å². The summed E-state index contributed by atoms with van der Waals surface area (Å²) in [5.74, 6) is -0.770. The van der Waals surface area contributed by atoms with Crippen molar-refractivity contribution in [2.24, 2.45) is 0 Å². The maximum atomic E-state index is 12.8. The van der Waals surface area contributed by atoms with Gasteiger partial charge in [-0.2, -0.15) is 0 Å². The van der Waals surface area contributed by atoms with Gasteiger partial charge in [0.2, 0.25) is 6.17 Å². The molecule has 1 aliphatic rings. The largest absolute Gasteiger partial charge is 0.458 e. The SMILES string of the molecule is O=C1OC(COCc2ccccc2)C[C@@H]1F. The van der Waals surface area contributed by atoms with Crippen molar-refractivity contribution in [3.63, 3.8) is 0 Å². The monoisotopic (exact) mass is 224 g/mol. The molecule has 3 nitrogen and oxygen atoms in total. The molecule has 16 heavy (non-hydrogen) atoms. The molecule has 0 aliphatic carbocycles. The van der Waals surface area contributed by atoms with Crippen LogP contribution in [0.5, 0.6) is 0 Å². The second-order valence-electron chi connectivity index (χ2n) is 3.76. The molecule has 1 aliphatic heterocycles. The van der Waals surface area contributed by atoms with Crippen molar-refractivity contribution in [3.8, 4) is 0 Å². The van der Waals surface area contributed by atoms with Crippen molar-refractivity contribution in [1.29, 1.82) is 0 Å². The average molecular weight is 224 g/mol. The number of carbonyl (C=O) groups excluding carboxylic acids is 1. The van der Waals surface area contributed by atoms with Gasteiger partial charge in [-0.3, -0.25) is 0 Å². The third-order valence-corrected chi connectivity index (χ3v) is 2.42. The van der Waals surface area contributed by atoms with Crippen molar-refractivity contribution in [2.45, 2.75) is 25.3 Å². The van der Waals surface area contributed by atoms with Crippen molar-refractivity contribution >= 4 is 5.97 Å². The van der Waals surface area contributed by atoms with Crippen LogP contribution in [0.15, 0.2) is 30.3 Å². The van der Waals surface area contributed by atoms with E-state index in [-0.39, 0.29) is 13.0 Å². The number of benzene rings is 1. The summed E-state index contributed by atoms with van der Waals surface area (Å²) in [6, 6.07) is 9.66. The van der Waals surface area contributed by atoms with Crippen molar-refractivity contribution in [3.05, 3.63) is 35.9 Å². The minimum Gasteiger partial charge on any atom is -0.458 e. The highest BCUT2D eigenvalue weighted by Crippen LogP contribution is 2.18. The fourth-order valence-corrected chi connectivity index (χ4v) is 1.60. The van der Waals surface area contributed by atoms with Crippen molar-refractivity contribution in [1.82, 2.24) is 0 Å². The zero-order valence-electron chi connectivity index (χ0n) is 8.77. The summed E-state index contributed by atoms with van der Waals surface area (Å²) in [6.07, 6.45) is -1.82. The van der Waals surface area contributed by atoms with E-state index in [1.165, 1.54) is 0 Å². The van der Waals surface area contributed by atoms with E-state index in [1.54, 1.807) is 0 Å². The highest BCUT2D eigenvalue weighted by Gasteiger charge is 2.34. The van der Waals surface area contributed by atoms with Crippen molar-refractivity contribution in [2.75, 3.05) is 6.61 Å². The molecule has 1 unspecified atom stereocenters. The second kappa shape index (κ2) is 5.07. The first kappa shape index (κ1) is 11.1. The Morgan fingerprint density at radius 2 is 2.12 bits per heavy atom. The Labute approximate surface area is 93.2 Å². The molecule has 1 heterocycles. The van der Waals surface area contributed by atoms with E-state index in [0.717, 1.165) is 5.56 Å². The van der Waals surface area contributed by atoms with Crippen LogP contribution in [0.2, 0.25) is 0 Å². The quantitative estimate of drug-likeness (QED) is 0.732. The molecule has 0 bridgehead atoms. The van der Waals surface area contributed by atoms with Crippen LogP contribution in [0, 0.1) is 0 Å². The van der Waals surface area contributed by atoms with Gasteiger partial charge < -0.3 is 9.47 Å². The van der Waals surface area contributed by atoms with E-state index in [1.807, 2.05) is 30.3 Å². The summed E-state index contributed by atoms with van der Waals surface area (Å²) in [7, 11) is 0. The molecule has 1 saturated heterocycles. The number of halogens is 1. The number of ether oxygens (including phenoxy) is 2. The Morgan fingerprint density at radius 3 is 2.75 bits per heavy atom. The average Bonchev–Trinajstić information content (AvgIpc) is 2.60. The number of rotatable bonds is 4. The van der Waals surface area contributed by atoms with E-state index >= 15 is 0 Å². The lowest BCUT2D eigenvalue weighted by atomic mass is 10.2. The normalized spacial score (nSPS) is 24.4. The lowest BCUT2D eigenvalue weighted by molar-refractivity contribution is -0.146. The standard InChI is InChI=1S/C12H13FO3/c13-11-6-10(16-12(11)14)8-15-7-9-4-2-1-3-5-9/h1-5,10-11H,6-8H2/t10?,11-/m0/s1. The first-order valence-corrected chi connectivity index (χ1v) is 5.22. The van der Waals surface area contributed by atoms with Gasteiger partial charge in [-0.15, -0.1) is 0 Å². The van der Waals surface area contributed by atoms with Gasteiger partial charge in [-0.05, 0) is 5.56 Å². The molecule has 0 N–H and O–H groups in total. The molecule has 4 heteroatoms. The molecule has 1 aromatic carbocycles. The zero-order chi connectivity index (χ0) is 11.4. The Balaban J connectivity index is 1.71. The Kier molecular flexibility index (Phi) is 3.51. The van der Waals surface area contributed by atoms with Crippen LogP contribution < -0.4 is 0 Å². The zero-order valence-corrected chi connectivity index (χ0v) is 8.77. The molecule has 0 spiro atoms. The van der Waals surface area contributed by atoms with Gasteiger partial charge in [-0.1, -0.05) is 30.3 Å². The third kappa shape index (κ3) is 2.79. The maximum Gasteiger partial charge on any atom is 0.341 e. The Morgan fingerprint density at radius 1 is 1.38 bits per heavy atom. The van der Waals surface area contributed by atoms with Gasteiger partial charge in [0.1, 0.15) is 6.10 Å². The first-order valence-electron chi connectivity index (χ1n) is 5.22. The predicted octanol–water partition coefficient (Wildman–Crippen LogP) is 1.86. The van der Waals surface area contributed by atoms with E-state index < -0.39 is 18.2 Å². The van der Waals surface area contributed by atoms with Crippen LogP contribution in [0.1, 0.15) is 12.0 Å². The predicted molar refractivity (Wildman–Crippen MR) is 55.5 cm³/mol. The topological polar surface area (TPSA) is 35.5 Å². The summed E-state index contributed by atoms with van der Waals surface area (Å²) in [4.78, 5) is 10.8. The van der Waals surface area contributed by atoms with E-state index in [4.69, 9.17) is 9.47 Å². The molecule has 2 rings (SSSR count). The fourth-order valence-electron chi connectivity index (χ4n) is 1.60. The van der Waals surface area contributed by atoms with Crippen LogP contribution >= 0.6 is 0 Å². The summed E-state index contributed by atoms with van der Waals surface area (Å²) in [5.41, 5.74) is 1.05. The van der Waals surface area contributed by atoms with E-state index in [2.05, 4.69) is 0 Å². The third-order valence-electron chi connectivity index (χ3n) is 2.42. The molecule has 0 saturated carbocycles. The summed E-state index contributed by atoms with van der Waals surface area (Å²) in [6.45, 7) is 0.701. The Bertz CT molecular complexity index is 353. The fraction of sp³-hybridized carbons (Fsp3) is 0.417. The minimum absolute atomic E-state index is 0.105. The number of carbonyl (C=O) groups is 1. The second-order valence-corrected chi connectivity index (χ2v) is 3.76. The smallest absolute Gasteiger partial charge is 0.341 e. The minimum atomic E-state index is -1.48. The number of esters is 1. The van der Waals surface area contributed by atoms with Crippen molar-refractivity contribution < 1.29 is 18.7 Å². The molecule has 0 radical (unpaired) electrons. The van der Waals surface area contributed by atoms with Crippen LogP contribution in [0.25, 0.3) is 0 Å². The summed E-state index contributed by atoms with van der Waals surface area (Å²) < 4.78 is 22.9. The summed E-state index contributed by atoms with van der Waals surface area (Å²) in [5, 5.41) is 0. The maximum absolute atomic E-state index is 12.8. The number of alkyl halides is 1. The molecule has 0 aromatic heterocycles. The van der Waals surface area contributed by atoms with Crippen LogP contribution in [0.3, 0.4) is 0 Å². The molecule has 0 amide bonds. The molecule has 86 valence electrons. The van der Waals surface area contributed by atoms with Crippen LogP contribution in [-0.2, 0) is 20.9 Å². The highest BCUT2D eigenvalue weighted by molar-refractivity contribution is 5.76. The Hall–Kier alpha value is -1.42. The molecule has 2 atom stereocenters. The first-order chi connectivity index (χ1) is 7.75. The van der Waals surface area contributed by atoms with Gasteiger partial charge in [0.15, 0.2) is 0 Å². The lowest BCUT2D eigenvalue weighted by Crippen LogP contribution is -2.14.